The van der Waals surface area contributed by atoms with Gasteiger partial charge in [0.2, 0.25) is 0 Å². The summed E-state index contributed by atoms with van der Waals surface area (Å²) in [5.41, 5.74) is 1.34. The molecule has 0 bridgehead atoms. The summed E-state index contributed by atoms with van der Waals surface area (Å²) in [7, 11) is 0. The van der Waals surface area contributed by atoms with Crippen LogP contribution in [0.4, 0.5) is 4.39 Å². The van der Waals surface area contributed by atoms with E-state index < -0.39 is 0 Å². The van der Waals surface area contributed by atoms with Crippen molar-refractivity contribution in [2.24, 2.45) is 0 Å². The Balaban J connectivity index is 2.00. The molecule has 2 heterocycles. The van der Waals surface area contributed by atoms with Crippen molar-refractivity contribution in [2.45, 2.75) is 25.5 Å². The highest BCUT2D eigenvalue weighted by molar-refractivity contribution is 6.41. The summed E-state index contributed by atoms with van der Waals surface area (Å²) >= 11 is 6.57. The van der Waals surface area contributed by atoms with Crippen molar-refractivity contribution in [1.29, 1.82) is 0 Å². The van der Waals surface area contributed by atoms with E-state index in [1.165, 1.54) is 12.1 Å². The van der Waals surface area contributed by atoms with Crippen LogP contribution in [0.25, 0.3) is 27.8 Å². The van der Waals surface area contributed by atoms with Gasteiger partial charge in [-0.1, -0.05) is 30.3 Å². The lowest BCUT2D eigenvalue weighted by atomic mass is 10.0. The molecule has 0 amide bonds. The van der Waals surface area contributed by atoms with Crippen molar-refractivity contribution in [1.82, 2.24) is 9.78 Å². The third kappa shape index (κ3) is 2.25. The van der Waals surface area contributed by atoms with Gasteiger partial charge in [-0.3, -0.25) is 0 Å². The zero-order chi connectivity index (χ0) is 16.0. The van der Waals surface area contributed by atoms with Crippen molar-refractivity contribution < 1.29 is 9.13 Å². The Bertz CT molecular complexity index is 912. The Morgan fingerprint density at radius 2 is 2.26 bits per heavy atom. The van der Waals surface area contributed by atoms with Crippen LogP contribution in [-0.2, 0) is 4.74 Å². The molecule has 2 aromatic carbocycles. The first-order valence-electron chi connectivity index (χ1n) is 7.72. The van der Waals surface area contributed by atoms with E-state index in [4.69, 9.17) is 16.3 Å². The van der Waals surface area contributed by atoms with E-state index in [2.05, 4.69) is 11.7 Å². The molecule has 0 spiro atoms. The van der Waals surface area contributed by atoms with Gasteiger partial charge in [-0.25, -0.2) is 9.07 Å². The summed E-state index contributed by atoms with van der Waals surface area (Å²) in [4.78, 5) is 0. The first-order valence-corrected chi connectivity index (χ1v) is 8.10. The zero-order valence-electron chi connectivity index (χ0n) is 12.6. The summed E-state index contributed by atoms with van der Waals surface area (Å²) in [6, 6.07) is 5.18. The second-order valence-electron chi connectivity index (χ2n) is 5.80. The topological polar surface area (TPSA) is 27.1 Å². The molecule has 0 radical (unpaired) electrons. The average Bonchev–Trinajstić information content (AvgIpc) is 3.00. The number of nitrogens with zero attached hydrogens (tertiary/aromatic N) is 2. The summed E-state index contributed by atoms with van der Waals surface area (Å²) in [6.45, 7) is 4.45. The van der Waals surface area contributed by atoms with Gasteiger partial charge in [0, 0.05) is 22.9 Å². The van der Waals surface area contributed by atoms with Crippen molar-refractivity contribution in [3.63, 3.8) is 0 Å². The number of rotatable bonds is 2. The normalized spacial score (nSPS) is 18.6. The molecule has 1 aliphatic heterocycles. The molecule has 118 valence electrons. The third-order valence-corrected chi connectivity index (χ3v) is 4.83. The molecule has 0 aliphatic carbocycles. The van der Waals surface area contributed by atoms with E-state index in [1.807, 2.05) is 10.7 Å². The molecule has 1 aliphatic rings. The highest BCUT2D eigenvalue weighted by Crippen LogP contribution is 2.37. The summed E-state index contributed by atoms with van der Waals surface area (Å²) in [5.74, 6) is -0.322. The Labute approximate surface area is 138 Å². The quantitative estimate of drug-likeness (QED) is 0.635. The van der Waals surface area contributed by atoms with Gasteiger partial charge >= 0.3 is 0 Å². The molecular formula is C18H16ClFN2O. The predicted octanol–water partition coefficient (Wildman–Crippen LogP) is 5.32. The minimum Gasteiger partial charge on any atom is -0.356 e. The smallest absolute Gasteiger partial charge is 0.150 e. The molecule has 1 aromatic heterocycles. The number of hydrogen-bond acceptors (Lipinski definition) is 2. The van der Waals surface area contributed by atoms with Crippen LogP contribution < -0.4 is 0 Å². The van der Waals surface area contributed by atoms with Gasteiger partial charge in [-0.15, -0.1) is 0 Å². The fraction of sp³-hybridized carbons (Fsp3) is 0.278. The minimum absolute atomic E-state index is 0.0610. The van der Waals surface area contributed by atoms with Crippen LogP contribution in [0.15, 0.2) is 31.0 Å². The lowest BCUT2D eigenvalue weighted by Crippen LogP contribution is -2.18. The highest BCUT2D eigenvalue weighted by Gasteiger charge is 2.21. The van der Waals surface area contributed by atoms with Crippen molar-refractivity contribution in [2.75, 3.05) is 6.61 Å². The second kappa shape index (κ2) is 5.62. The lowest BCUT2D eigenvalue weighted by Gasteiger charge is -2.23. The molecule has 3 aromatic rings. The molecule has 23 heavy (non-hydrogen) atoms. The lowest BCUT2D eigenvalue weighted by molar-refractivity contribution is -0.0366. The van der Waals surface area contributed by atoms with E-state index in [9.17, 15) is 4.39 Å². The number of fused-ring (bicyclic) bond motifs is 2. The highest BCUT2D eigenvalue weighted by atomic mass is 35.5. The summed E-state index contributed by atoms with van der Waals surface area (Å²) < 4.78 is 21.7. The number of hydrogen-bond donors (Lipinski definition) is 0. The molecular weight excluding hydrogens is 315 g/mol. The van der Waals surface area contributed by atoms with Crippen LogP contribution >= 0.6 is 11.6 Å². The van der Waals surface area contributed by atoms with Gasteiger partial charge < -0.3 is 4.74 Å². The van der Waals surface area contributed by atoms with Crippen LogP contribution in [0.1, 0.15) is 31.1 Å². The van der Waals surface area contributed by atoms with Gasteiger partial charge in [0.05, 0.1) is 16.7 Å². The molecule has 5 heteroatoms. The first kappa shape index (κ1) is 14.7. The Morgan fingerprint density at radius 3 is 3.00 bits per heavy atom. The third-order valence-electron chi connectivity index (χ3n) is 4.44. The van der Waals surface area contributed by atoms with Crippen LogP contribution in [0.2, 0.25) is 5.02 Å². The van der Waals surface area contributed by atoms with Crippen LogP contribution in [0.3, 0.4) is 0 Å². The molecule has 1 saturated heterocycles. The van der Waals surface area contributed by atoms with Crippen molar-refractivity contribution in [3.05, 3.63) is 47.4 Å². The Hall–Kier alpha value is -1.91. The number of ether oxygens (including phenoxy) is 1. The van der Waals surface area contributed by atoms with E-state index in [0.29, 0.717) is 16.0 Å². The Kier molecular flexibility index (Phi) is 3.58. The fourth-order valence-electron chi connectivity index (χ4n) is 3.29. The zero-order valence-corrected chi connectivity index (χ0v) is 13.3. The summed E-state index contributed by atoms with van der Waals surface area (Å²) in [6.07, 6.45) is 6.32. The minimum atomic E-state index is -0.322. The van der Waals surface area contributed by atoms with Crippen LogP contribution in [-0.4, -0.2) is 16.4 Å². The maximum Gasteiger partial charge on any atom is 0.150 e. The van der Waals surface area contributed by atoms with Gasteiger partial charge in [0.1, 0.15) is 5.82 Å². The SMILES string of the molecule is C=Cc1c(F)ccc2cc3c(cnn3C3CCCCO3)c(Cl)c12. The predicted molar refractivity (Wildman–Crippen MR) is 91.1 cm³/mol. The summed E-state index contributed by atoms with van der Waals surface area (Å²) in [5, 5.41) is 7.33. The van der Waals surface area contributed by atoms with E-state index in [0.717, 1.165) is 42.2 Å². The van der Waals surface area contributed by atoms with Gasteiger partial charge in [0.25, 0.3) is 0 Å². The van der Waals surface area contributed by atoms with Crippen LogP contribution in [0, 0.1) is 5.82 Å². The number of aromatic nitrogens is 2. The van der Waals surface area contributed by atoms with Gasteiger partial charge in [-0.05, 0) is 36.8 Å². The monoisotopic (exact) mass is 330 g/mol. The van der Waals surface area contributed by atoms with Gasteiger partial charge in [0.15, 0.2) is 6.23 Å². The molecule has 3 nitrogen and oxygen atoms in total. The standard InChI is InChI=1S/C18H16ClFN2O/c1-2-12-14(20)7-6-11-9-15-13(18(19)17(11)12)10-21-22(15)16-5-3-4-8-23-16/h2,6-7,9-10,16H,1,3-5,8H2. The largest absolute Gasteiger partial charge is 0.356 e. The second-order valence-corrected chi connectivity index (χ2v) is 6.17. The Morgan fingerprint density at radius 1 is 1.39 bits per heavy atom. The van der Waals surface area contributed by atoms with Crippen molar-refractivity contribution in [3.8, 4) is 0 Å². The molecule has 0 N–H and O–H groups in total. The fourth-order valence-corrected chi connectivity index (χ4v) is 3.65. The molecule has 0 saturated carbocycles. The van der Waals surface area contributed by atoms with E-state index in [1.54, 1.807) is 12.3 Å². The number of halogens is 2. The molecule has 4 rings (SSSR count). The van der Waals surface area contributed by atoms with Crippen molar-refractivity contribution >= 4 is 39.4 Å². The molecule has 1 atom stereocenters. The van der Waals surface area contributed by atoms with E-state index in [-0.39, 0.29) is 12.0 Å². The molecule has 1 unspecified atom stereocenters. The van der Waals surface area contributed by atoms with Crippen LogP contribution in [0.5, 0.6) is 0 Å². The maximum absolute atomic E-state index is 14.0. The first-order chi connectivity index (χ1) is 11.2. The maximum atomic E-state index is 14.0. The molecule has 1 fully saturated rings. The number of benzene rings is 2. The average molecular weight is 331 g/mol. The van der Waals surface area contributed by atoms with Gasteiger partial charge in [-0.2, -0.15) is 5.10 Å². The van der Waals surface area contributed by atoms with E-state index >= 15 is 0 Å².